The van der Waals surface area contributed by atoms with Crippen molar-refractivity contribution in [3.05, 3.63) is 0 Å². The Morgan fingerprint density at radius 3 is 2.57 bits per heavy atom. The molecule has 0 aliphatic carbocycles. The summed E-state index contributed by atoms with van der Waals surface area (Å²) in [7, 11) is 0. The highest BCUT2D eigenvalue weighted by molar-refractivity contribution is 4.91. The van der Waals surface area contributed by atoms with Gasteiger partial charge in [0.25, 0.3) is 0 Å². The fraction of sp³-hybridized carbons (Fsp3) is 1.00. The first-order valence-electron chi connectivity index (χ1n) is 6.13. The van der Waals surface area contributed by atoms with Gasteiger partial charge in [0.1, 0.15) is 0 Å². The second-order valence-electron chi connectivity index (χ2n) is 4.58. The molecule has 14 heavy (non-hydrogen) atoms. The van der Waals surface area contributed by atoms with Crippen LogP contribution in [-0.4, -0.2) is 24.9 Å². The van der Waals surface area contributed by atoms with Crippen molar-refractivity contribution in [2.24, 2.45) is 0 Å². The second kappa shape index (κ2) is 4.63. The smallest absolute Gasteiger partial charge is 0.0940 e. The molecule has 2 saturated heterocycles. The van der Waals surface area contributed by atoms with Gasteiger partial charge in [-0.3, -0.25) is 0 Å². The summed E-state index contributed by atoms with van der Waals surface area (Å²) in [6, 6.07) is 0. The van der Waals surface area contributed by atoms with Crippen molar-refractivity contribution in [1.29, 1.82) is 0 Å². The lowest BCUT2D eigenvalue weighted by molar-refractivity contribution is -0.179. The van der Waals surface area contributed by atoms with E-state index < -0.39 is 0 Å². The summed E-state index contributed by atoms with van der Waals surface area (Å²) in [5.74, 6) is 0. The van der Waals surface area contributed by atoms with Gasteiger partial charge in [-0.1, -0.05) is 6.92 Å². The lowest BCUT2D eigenvalue weighted by Crippen LogP contribution is -2.49. The maximum Gasteiger partial charge on any atom is 0.0940 e. The quantitative estimate of drug-likeness (QED) is 0.679. The Morgan fingerprint density at radius 2 is 2.00 bits per heavy atom. The highest BCUT2D eigenvalue weighted by atomic mass is 16.6. The van der Waals surface area contributed by atoms with Crippen LogP contribution in [0.25, 0.3) is 0 Å². The zero-order chi connectivity index (χ0) is 9.86. The second-order valence-corrected chi connectivity index (χ2v) is 4.58. The largest absolute Gasteiger partial charge is 0.375 e. The minimum Gasteiger partial charge on any atom is -0.375 e. The highest BCUT2D eigenvalue weighted by Crippen LogP contribution is 2.36. The summed E-state index contributed by atoms with van der Waals surface area (Å²) in [4.78, 5) is 0. The van der Waals surface area contributed by atoms with Crippen LogP contribution in [-0.2, 0) is 9.47 Å². The Morgan fingerprint density at radius 1 is 1.14 bits per heavy atom. The van der Waals surface area contributed by atoms with Crippen molar-refractivity contribution < 1.29 is 9.47 Å². The molecular weight excluding hydrogens is 176 g/mol. The Kier molecular flexibility index (Phi) is 3.45. The fourth-order valence-electron chi connectivity index (χ4n) is 2.79. The summed E-state index contributed by atoms with van der Waals surface area (Å²) in [6.07, 6.45) is 8.98. The third-order valence-corrected chi connectivity index (χ3v) is 3.75. The standard InChI is InChI=1S/C12H22O2/c1-2-12(8-4-6-10-14-12)11-7-3-5-9-13-11/h11H,2-10H2,1H3. The van der Waals surface area contributed by atoms with Gasteiger partial charge in [-0.25, -0.2) is 0 Å². The molecule has 2 nitrogen and oxygen atoms in total. The van der Waals surface area contributed by atoms with Crippen molar-refractivity contribution in [1.82, 2.24) is 0 Å². The average Bonchev–Trinajstić information content (AvgIpc) is 2.31. The molecule has 2 aliphatic rings. The van der Waals surface area contributed by atoms with E-state index in [1.807, 2.05) is 0 Å². The first-order valence-corrected chi connectivity index (χ1v) is 6.13. The first-order chi connectivity index (χ1) is 6.87. The normalized spacial score (nSPS) is 39.6. The molecule has 0 aromatic carbocycles. The zero-order valence-corrected chi connectivity index (χ0v) is 9.26. The number of hydrogen-bond donors (Lipinski definition) is 0. The summed E-state index contributed by atoms with van der Waals surface area (Å²) >= 11 is 0. The molecule has 2 heteroatoms. The predicted octanol–water partition coefficient (Wildman–Crippen LogP) is 2.90. The van der Waals surface area contributed by atoms with Gasteiger partial charge in [-0.2, -0.15) is 0 Å². The molecule has 2 aliphatic heterocycles. The molecule has 0 spiro atoms. The van der Waals surface area contributed by atoms with E-state index >= 15 is 0 Å². The molecule has 2 heterocycles. The third-order valence-electron chi connectivity index (χ3n) is 3.75. The molecule has 2 fully saturated rings. The molecule has 2 atom stereocenters. The number of hydrogen-bond acceptors (Lipinski definition) is 2. The highest BCUT2D eigenvalue weighted by Gasteiger charge is 2.40. The van der Waals surface area contributed by atoms with E-state index in [1.54, 1.807) is 0 Å². The summed E-state index contributed by atoms with van der Waals surface area (Å²) in [5.41, 5.74) is 0.0681. The van der Waals surface area contributed by atoms with Gasteiger partial charge >= 0.3 is 0 Å². The Hall–Kier alpha value is -0.0800. The van der Waals surface area contributed by atoms with Gasteiger partial charge < -0.3 is 9.47 Å². The average molecular weight is 198 g/mol. The van der Waals surface area contributed by atoms with Crippen LogP contribution in [0.1, 0.15) is 51.9 Å². The van der Waals surface area contributed by atoms with E-state index in [2.05, 4.69) is 6.92 Å². The molecule has 0 aromatic rings. The van der Waals surface area contributed by atoms with E-state index in [0.29, 0.717) is 6.10 Å². The summed E-state index contributed by atoms with van der Waals surface area (Å²) in [6.45, 7) is 4.12. The summed E-state index contributed by atoms with van der Waals surface area (Å²) in [5, 5.41) is 0. The van der Waals surface area contributed by atoms with Crippen LogP contribution >= 0.6 is 0 Å². The van der Waals surface area contributed by atoms with Crippen molar-refractivity contribution in [2.45, 2.75) is 63.6 Å². The van der Waals surface area contributed by atoms with E-state index in [-0.39, 0.29) is 5.60 Å². The van der Waals surface area contributed by atoms with Gasteiger partial charge in [0.2, 0.25) is 0 Å². The van der Waals surface area contributed by atoms with Crippen LogP contribution in [0.3, 0.4) is 0 Å². The van der Waals surface area contributed by atoms with Gasteiger partial charge in [0.15, 0.2) is 0 Å². The van der Waals surface area contributed by atoms with Gasteiger partial charge in [-0.05, 0) is 44.9 Å². The SMILES string of the molecule is CCC1(C2CCCCO2)CCCCO1. The van der Waals surface area contributed by atoms with Gasteiger partial charge in [-0.15, -0.1) is 0 Å². The number of ether oxygens (including phenoxy) is 2. The van der Waals surface area contributed by atoms with Crippen LogP contribution in [0.4, 0.5) is 0 Å². The molecule has 0 saturated carbocycles. The fourth-order valence-corrected chi connectivity index (χ4v) is 2.79. The van der Waals surface area contributed by atoms with Crippen molar-refractivity contribution >= 4 is 0 Å². The lowest BCUT2D eigenvalue weighted by Gasteiger charge is -2.44. The monoisotopic (exact) mass is 198 g/mol. The Labute approximate surface area is 87.0 Å². The third kappa shape index (κ3) is 1.96. The minimum atomic E-state index is 0.0681. The van der Waals surface area contributed by atoms with Crippen LogP contribution in [0.2, 0.25) is 0 Å². The van der Waals surface area contributed by atoms with E-state index in [1.165, 1.54) is 38.5 Å². The molecule has 2 unspecified atom stereocenters. The topological polar surface area (TPSA) is 18.5 Å². The van der Waals surface area contributed by atoms with E-state index in [4.69, 9.17) is 9.47 Å². The van der Waals surface area contributed by atoms with Gasteiger partial charge in [0.05, 0.1) is 11.7 Å². The van der Waals surface area contributed by atoms with Crippen molar-refractivity contribution in [3.8, 4) is 0 Å². The van der Waals surface area contributed by atoms with Crippen LogP contribution in [0.15, 0.2) is 0 Å². The number of rotatable bonds is 2. The molecular formula is C12H22O2. The minimum absolute atomic E-state index is 0.0681. The lowest BCUT2D eigenvalue weighted by atomic mass is 9.82. The van der Waals surface area contributed by atoms with Crippen molar-refractivity contribution in [3.63, 3.8) is 0 Å². The van der Waals surface area contributed by atoms with Crippen LogP contribution in [0, 0.1) is 0 Å². The molecule has 82 valence electrons. The molecule has 0 radical (unpaired) electrons. The van der Waals surface area contributed by atoms with Crippen LogP contribution < -0.4 is 0 Å². The van der Waals surface area contributed by atoms with Crippen molar-refractivity contribution in [2.75, 3.05) is 13.2 Å². The Bertz CT molecular complexity index is 167. The molecule has 0 aromatic heterocycles. The maximum absolute atomic E-state index is 6.03. The molecule has 2 rings (SSSR count). The molecule has 0 N–H and O–H groups in total. The van der Waals surface area contributed by atoms with Gasteiger partial charge in [0, 0.05) is 13.2 Å². The first kappa shape index (κ1) is 10.4. The van der Waals surface area contributed by atoms with E-state index in [0.717, 1.165) is 19.6 Å². The summed E-state index contributed by atoms with van der Waals surface area (Å²) < 4.78 is 11.9. The van der Waals surface area contributed by atoms with E-state index in [9.17, 15) is 0 Å². The maximum atomic E-state index is 6.03. The molecule has 0 amide bonds. The van der Waals surface area contributed by atoms with Crippen LogP contribution in [0.5, 0.6) is 0 Å². The zero-order valence-electron chi connectivity index (χ0n) is 9.26. The Balaban J connectivity index is 2.01. The molecule has 0 bridgehead atoms. The predicted molar refractivity (Wildman–Crippen MR) is 56.4 cm³/mol.